The summed E-state index contributed by atoms with van der Waals surface area (Å²) in [7, 11) is 0. The number of hydrogen-bond donors (Lipinski definition) is 4. The van der Waals surface area contributed by atoms with Gasteiger partial charge in [-0.15, -0.1) is 0 Å². The Hall–Kier alpha value is -2.58. The lowest BCUT2D eigenvalue weighted by Gasteiger charge is -2.15. The molecule has 7 nitrogen and oxygen atoms in total. The lowest BCUT2D eigenvalue weighted by atomic mass is 10.0. The minimum absolute atomic E-state index is 0.0747. The van der Waals surface area contributed by atoms with Gasteiger partial charge in [0.2, 0.25) is 0 Å². The predicted octanol–water partition coefficient (Wildman–Crippen LogP) is 1.62. The van der Waals surface area contributed by atoms with Crippen LogP contribution >= 0.6 is 0 Å². The number of phenols is 1. The van der Waals surface area contributed by atoms with Gasteiger partial charge >= 0.3 is 5.97 Å². The number of carboxylic acid groups (broad SMARTS) is 1. The van der Waals surface area contributed by atoms with E-state index in [9.17, 15) is 19.4 Å². The van der Waals surface area contributed by atoms with Crippen LogP contribution in [0.4, 0.5) is 15.8 Å². The van der Waals surface area contributed by atoms with E-state index in [0.29, 0.717) is 24.2 Å². The summed E-state index contributed by atoms with van der Waals surface area (Å²) in [6.07, 6.45) is 0. The third-order valence-corrected chi connectivity index (χ3v) is 3.99. The molecule has 1 aliphatic heterocycles. The average Bonchev–Trinajstić information content (AvgIpc) is 3.40. The number of aromatic hydroxyl groups is 1. The summed E-state index contributed by atoms with van der Waals surface area (Å²) >= 11 is 0. The maximum Gasteiger partial charge on any atom is 0.339 e. The van der Waals surface area contributed by atoms with Crippen LogP contribution in [0.5, 0.6) is 5.75 Å². The monoisotopic (exact) mass is 350 g/mol. The Bertz CT molecular complexity index is 807. The van der Waals surface area contributed by atoms with Crippen LogP contribution in [0, 0.1) is 5.82 Å². The fraction of sp³-hybridized carbons (Fsp3) is 0.353. The molecule has 1 fully saturated rings. The van der Waals surface area contributed by atoms with Crippen LogP contribution in [0.15, 0.2) is 18.2 Å². The first-order valence-corrected chi connectivity index (χ1v) is 7.93. The van der Waals surface area contributed by atoms with E-state index in [2.05, 4.69) is 5.32 Å². The highest BCUT2D eigenvalue weighted by molar-refractivity contribution is 6.07. The van der Waals surface area contributed by atoms with Gasteiger partial charge in [0.05, 0.1) is 25.5 Å². The van der Waals surface area contributed by atoms with Gasteiger partial charge in [-0.3, -0.25) is 0 Å². The minimum Gasteiger partial charge on any atom is -0.506 e. The average molecular weight is 350 g/mol. The number of carbonyl (C=O) groups is 1. The number of aromatic carboxylic acids is 1. The third kappa shape index (κ3) is 3.59. The number of hydrogen-bond acceptors (Lipinski definition) is 6. The molecule has 1 aliphatic rings. The highest BCUT2D eigenvalue weighted by Gasteiger charge is 2.25. The van der Waals surface area contributed by atoms with E-state index in [1.54, 1.807) is 6.07 Å². The minimum atomic E-state index is -1.26. The second-order valence-electron chi connectivity index (χ2n) is 5.72. The van der Waals surface area contributed by atoms with Crippen LogP contribution in [-0.2, 0) is 4.74 Å². The van der Waals surface area contributed by atoms with Gasteiger partial charge in [-0.05, 0) is 18.2 Å². The van der Waals surface area contributed by atoms with Crippen molar-refractivity contribution in [2.75, 3.05) is 49.7 Å². The van der Waals surface area contributed by atoms with Gasteiger partial charge in [-0.2, -0.15) is 0 Å². The van der Waals surface area contributed by atoms with E-state index in [1.165, 1.54) is 6.07 Å². The lowest BCUT2D eigenvalue weighted by Crippen LogP contribution is -2.12. The summed E-state index contributed by atoms with van der Waals surface area (Å²) in [5.74, 6) is -2.29. The van der Waals surface area contributed by atoms with Gasteiger partial charge in [0, 0.05) is 36.1 Å². The zero-order valence-electron chi connectivity index (χ0n) is 13.5. The zero-order chi connectivity index (χ0) is 18.0. The summed E-state index contributed by atoms with van der Waals surface area (Å²) in [4.78, 5) is 13.3. The fourth-order valence-corrected chi connectivity index (χ4v) is 2.68. The van der Waals surface area contributed by atoms with Crippen molar-refractivity contribution in [1.82, 2.24) is 0 Å². The van der Waals surface area contributed by atoms with Crippen molar-refractivity contribution in [1.29, 1.82) is 0 Å². The molecule has 0 aromatic heterocycles. The molecule has 0 radical (unpaired) electrons. The number of nitrogens with one attached hydrogen (secondary N) is 1. The van der Waals surface area contributed by atoms with Gasteiger partial charge in [0.25, 0.3) is 0 Å². The number of aliphatic hydroxyl groups excluding tert-OH is 1. The highest BCUT2D eigenvalue weighted by atomic mass is 19.1. The number of ether oxygens (including phenoxy) is 1. The molecule has 0 spiro atoms. The first kappa shape index (κ1) is 17.2. The third-order valence-electron chi connectivity index (χ3n) is 3.99. The summed E-state index contributed by atoms with van der Waals surface area (Å²) in [5, 5.41) is 31.8. The molecular weight excluding hydrogens is 331 g/mol. The number of benzene rings is 2. The topological polar surface area (TPSA) is 102 Å². The maximum atomic E-state index is 14.3. The Balaban J connectivity index is 1.96. The molecular formula is C17H19FN2O5. The molecule has 3 rings (SSSR count). The van der Waals surface area contributed by atoms with Crippen molar-refractivity contribution in [2.24, 2.45) is 0 Å². The maximum absolute atomic E-state index is 14.3. The molecule has 0 unspecified atom stereocenters. The Labute approximate surface area is 143 Å². The fourth-order valence-electron chi connectivity index (χ4n) is 2.68. The molecule has 0 bridgehead atoms. The molecule has 1 saturated heterocycles. The number of anilines is 2. The standard InChI is InChI=1S/C17H19FN2O5/c18-13-7-11-10(8-14(13)19-1-5-25-6-4-21)15(20-2-3-20)9-12(16(11)22)17(23)24/h7-9,19,21-22H,1-6H2,(H,23,24). The van der Waals surface area contributed by atoms with Crippen molar-refractivity contribution >= 4 is 28.1 Å². The summed E-state index contributed by atoms with van der Waals surface area (Å²) < 4.78 is 19.5. The Morgan fingerprint density at radius 2 is 2.00 bits per heavy atom. The molecule has 2 aromatic carbocycles. The number of halogens is 1. The second-order valence-corrected chi connectivity index (χ2v) is 5.72. The van der Waals surface area contributed by atoms with Gasteiger partial charge in [0.1, 0.15) is 17.1 Å². The lowest BCUT2D eigenvalue weighted by molar-refractivity contribution is 0.0694. The van der Waals surface area contributed by atoms with Crippen LogP contribution in [0.3, 0.4) is 0 Å². The normalized spacial score (nSPS) is 13.3. The Kier molecular flexibility index (Phi) is 4.91. The SMILES string of the molecule is O=C(O)c1cc(N2CC2)c2cc(NCCOCCO)c(F)cc2c1O. The van der Waals surface area contributed by atoms with Gasteiger partial charge < -0.3 is 30.3 Å². The Morgan fingerprint density at radius 3 is 2.64 bits per heavy atom. The van der Waals surface area contributed by atoms with Crippen LogP contribution in [0.1, 0.15) is 10.4 Å². The van der Waals surface area contributed by atoms with Crippen LogP contribution in [0.2, 0.25) is 0 Å². The molecule has 8 heteroatoms. The largest absolute Gasteiger partial charge is 0.506 e. The van der Waals surface area contributed by atoms with E-state index in [-0.39, 0.29) is 29.9 Å². The van der Waals surface area contributed by atoms with E-state index in [4.69, 9.17) is 9.84 Å². The van der Waals surface area contributed by atoms with Crippen LogP contribution < -0.4 is 10.2 Å². The summed E-state index contributed by atoms with van der Waals surface area (Å²) in [6.45, 7) is 2.37. The van der Waals surface area contributed by atoms with Crippen molar-refractivity contribution in [2.45, 2.75) is 0 Å². The number of rotatable bonds is 8. The summed E-state index contributed by atoms with van der Waals surface area (Å²) in [5.41, 5.74) is 0.655. The second kappa shape index (κ2) is 7.12. The molecule has 25 heavy (non-hydrogen) atoms. The van der Waals surface area contributed by atoms with Gasteiger partial charge in [-0.1, -0.05) is 0 Å². The molecule has 4 N–H and O–H groups in total. The zero-order valence-corrected chi connectivity index (χ0v) is 13.5. The van der Waals surface area contributed by atoms with E-state index >= 15 is 0 Å². The molecule has 0 amide bonds. The number of carboxylic acids is 1. The van der Waals surface area contributed by atoms with Crippen LogP contribution in [-0.4, -0.2) is 60.7 Å². The van der Waals surface area contributed by atoms with Gasteiger partial charge in [0.15, 0.2) is 0 Å². The Morgan fingerprint density at radius 1 is 1.24 bits per heavy atom. The number of nitrogens with zero attached hydrogens (tertiary/aromatic N) is 1. The number of aliphatic hydroxyl groups is 1. The molecule has 1 heterocycles. The smallest absolute Gasteiger partial charge is 0.339 e. The van der Waals surface area contributed by atoms with Crippen molar-refractivity contribution in [3.63, 3.8) is 0 Å². The summed E-state index contributed by atoms with van der Waals surface area (Å²) in [6, 6.07) is 4.12. The molecule has 2 aromatic rings. The van der Waals surface area contributed by atoms with E-state index < -0.39 is 17.5 Å². The molecule has 0 saturated carbocycles. The van der Waals surface area contributed by atoms with Crippen molar-refractivity contribution in [3.8, 4) is 5.75 Å². The van der Waals surface area contributed by atoms with Crippen molar-refractivity contribution < 1.29 is 29.2 Å². The predicted molar refractivity (Wildman–Crippen MR) is 91.1 cm³/mol. The molecule has 0 aliphatic carbocycles. The van der Waals surface area contributed by atoms with E-state index in [0.717, 1.165) is 19.2 Å². The van der Waals surface area contributed by atoms with Gasteiger partial charge in [-0.25, -0.2) is 9.18 Å². The first-order valence-electron chi connectivity index (χ1n) is 7.93. The molecule has 0 atom stereocenters. The van der Waals surface area contributed by atoms with Crippen LogP contribution in [0.25, 0.3) is 10.8 Å². The van der Waals surface area contributed by atoms with Crippen molar-refractivity contribution in [3.05, 3.63) is 29.6 Å². The quantitative estimate of drug-likeness (QED) is 0.424. The highest BCUT2D eigenvalue weighted by Crippen LogP contribution is 2.40. The number of fused-ring (bicyclic) bond motifs is 1. The first-order chi connectivity index (χ1) is 12.0. The van der Waals surface area contributed by atoms with E-state index in [1.807, 2.05) is 4.90 Å². The molecule has 134 valence electrons.